The zero-order valence-corrected chi connectivity index (χ0v) is 23.8. The summed E-state index contributed by atoms with van der Waals surface area (Å²) < 4.78 is 46.1. The molecule has 0 atom stereocenters. The molecule has 2 N–H and O–H groups in total. The minimum atomic E-state index is -4.54. The van der Waals surface area contributed by atoms with Gasteiger partial charge in [-0.1, -0.05) is 6.07 Å². The molecule has 3 aromatic rings. The van der Waals surface area contributed by atoms with E-state index in [-0.39, 0.29) is 43.0 Å². The number of carbonyl (C=O) groups is 2. The van der Waals surface area contributed by atoms with Crippen LogP contribution in [0.3, 0.4) is 0 Å². The number of nitrogens with one attached hydrogen (secondary N) is 1. The average Bonchev–Trinajstić information content (AvgIpc) is 2.86. The molecule has 1 aliphatic heterocycles. The standard InChI is InChI=1S/C27H28F3N4O2.C2H4O2.Li/c1-26(2,3)36-25(35)34-14-13-19-15-21(11-10-20(19)17-34)32-24-31-16-22(27(28,29)30)23(33-24)12-9-18-7-5-4-6-8-18;1-2(3)4;/h4-7,10-11,15-16H,9,12-14,17H2,1-3H3,(H,31,32,33);1H3,(H,3,4);/q-1;;+1. The van der Waals surface area contributed by atoms with E-state index < -0.39 is 23.3 Å². The van der Waals surface area contributed by atoms with Crippen molar-refractivity contribution in [3.63, 3.8) is 0 Å². The van der Waals surface area contributed by atoms with Gasteiger partial charge in [0.15, 0.2) is 0 Å². The molecule has 12 heteroatoms. The molecule has 0 unspecified atom stereocenters. The summed E-state index contributed by atoms with van der Waals surface area (Å²) in [7, 11) is 0. The first-order valence-electron chi connectivity index (χ1n) is 12.7. The summed E-state index contributed by atoms with van der Waals surface area (Å²) in [5, 5.41) is 10.5. The molecule has 0 spiro atoms. The Morgan fingerprint density at radius 1 is 1.12 bits per heavy atom. The van der Waals surface area contributed by atoms with Crippen LogP contribution in [0.25, 0.3) is 0 Å². The second-order valence-electron chi connectivity index (χ2n) is 10.2. The number of aryl methyl sites for hydroxylation is 2. The topological polar surface area (TPSA) is 105 Å². The van der Waals surface area contributed by atoms with Crippen molar-refractivity contribution in [2.45, 2.75) is 65.3 Å². The number of aliphatic carboxylic acids is 1. The molecule has 2 aromatic carbocycles. The second kappa shape index (κ2) is 14.4. The third-order valence-electron chi connectivity index (χ3n) is 5.70. The Balaban J connectivity index is 0.00000110. The van der Waals surface area contributed by atoms with Gasteiger partial charge in [-0.05, 0) is 63.3 Å². The molecule has 1 aromatic heterocycles. The predicted molar refractivity (Wildman–Crippen MR) is 143 cm³/mol. The first kappa shape index (κ1) is 33.7. The Morgan fingerprint density at radius 2 is 1.83 bits per heavy atom. The van der Waals surface area contributed by atoms with E-state index in [1.54, 1.807) is 17.0 Å². The van der Waals surface area contributed by atoms with Crippen LogP contribution in [0.4, 0.5) is 29.6 Å². The molecule has 0 saturated carbocycles. The number of carboxylic acid groups (broad SMARTS) is 1. The molecule has 214 valence electrons. The second-order valence-corrected chi connectivity index (χ2v) is 10.2. The van der Waals surface area contributed by atoms with Crippen molar-refractivity contribution in [3.8, 4) is 0 Å². The molecule has 8 nitrogen and oxygen atoms in total. The SMILES string of the molecule is CC(=O)O.CC(C)(C)OC(=O)N1CCc2cc(Nc3ncc(C(F)(F)F)c(CCc4[c-]cccc4)n3)ccc2C1.[Li+]. The van der Waals surface area contributed by atoms with Gasteiger partial charge in [-0.25, -0.2) is 14.8 Å². The number of anilines is 2. The number of hydrogen-bond donors (Lipinski definition) is 2. The Labute approximate surface area is 249 Å². The number of hydrogen-bond acceptors (Lipinski definition) is 6. The van der Waals surface area contributed by atoms with Crippen LogP contribution in [0.2, 0.25) is 0 Å². The predicted octanol–water partition coefficient (Wildman–Crippen LogP) is 3.21. The number of benzene rings is 2. The summed E-state index contributed by atoms with van der Waals surface area (Å²) in [4.78, 5) is 31.2. The number of carbonyl (C=O) groups excluding carboxylic acids is 1. The Hall–Kier alpha value is -3.55. The number of nitrogens with zero attached hydrogens (tertiary/aromatic N) is 3. The van der Waals surface area contributed by atoms with Crippen LogP contribution in [0, 0.1) is 6.07 Å². The van der Waals surface area contributed by atoms with Crippen LogP contribution in [0.1, 0.15) is 55.6 Å². The third-order valence-corrected chi connectivity index (χ3v) is 5.70. The van der Waals surface area contributed by atoms with Gasteiger partial charge >= 0.3 is 31.1 Å². The molecule has 0 aliphatic carbocycles. The van der Waals surface area contributed by atoms with Crippen LogP contribution in [-0.2, 0) is 41.5 Å². The quantitative estimate of drug-likeness (QED) is 0.362. The summed E-state index contributed by atoms with van der Waals surface area (Å²) in [6, 6.07) is 15.8. The van der Waals surface area contributed by atoms with Crippen molar-refractivity contribution in [2.75, 3.05) is 11.9 Å². The van der Waals surface area contributed by atoms with Gasteiger partial charge in [-0.3, -0.25) is 4.79 Å². The molecule has 1 amide bonds. The van der Waals surface area contributed by atoms with Gasteiger partial charge < -0.3 is 20.1 Å². The molecule has 0 radical (unpaired) electrons. The molecule has 0 fully saturated rings. The molecule has 1 aliphatic rings. The number of ether oxygens (including phenoxy) is 1. The van der Waals surface area contributed by atoms with Crippen LogP contribution in [0.5, 0.6) is 0 Å². The molecular weight excluding hydrogens is 532 g/mol. The van der Waals surface area contributed by atoms with Crippen LogP contribution in [-0.4, -0.2) is 44.2 Å². The van der Waals surface area contributed by atoms with Gasteiger partial charge in [-0.15, -0.1) is 0 Å². The van der Waals surface area contributed by atoms with E-state index in [0.717, 1.165) is 29.8 Å². The van der Waals surface area contributed by atoms with Crippen molar-refractivity contribution in [3.05, 3.63) is 82.7 Å². The van der Waals surface area contributed by atoms with Crippen molar-refractivity contribution >= 4 is 23.7 Å². The normalized spacial score (nSPS) is 12.7. The molecule has 0 bridgehead atoms. The minimum absolute atomic E-state index is 0. The zero-order chi connectivity index (χ0) is 29.5. The Bertz CT molecular complexity index is 1330. The van der Waals surface area contributed by atoms with Crippen molar-refractivity contribution < 1.29 is 51.5 Å². The number of amides is 1. The number of alkyl halides is 3. The van der Waals surface area contributed by atoms with E-state index in [9.17, 15) is 18.0 Å². The largest absolute Gasteiger partial charge is 1.00 e. The Morgan fingerprint density at radius 3 is 2.44 bits per heavy atom. The maximum absolute atomic E-state index is 13.6. The first-order chi connectivity index (χ1) is 18.7. The number of carboxylic acids is 1. The maximum atomic E-state index is 13.6. The summed E-state index contributed by atoms with van der Waals surface area (Å²) >= 11 is 0. The summed E-state index contributed by atoms with van der Waals surface area (Å²) in [5.41, 5.74) is 2.05. The average molecular weight is 565 g/mol. The van der Waals surface area contributed by atoms with Gasteiger partial charge in [0, 0.05) is 31.9 Å². The van der Waals surface area contributed by atoms with Crippen LogP contribution < -0.4 is 24.2 Å². The minimum Gasteiger partial charge on any atom is -0.481 e. The number of halogens is 3. The first-order valence-corrected chi connectivity index (χ1v) is 12.7. The van der Waals surface area contributed by atoms with E-state index in [1.165, 1.54) is 0 Å². The molecular formula is C29H32F3LiN4O4. The Kier molecular flexibility index (Phi) is 11.8. The van der Waals surface area contributed by atoms with E-state index in [0.29, 0.717) is 31.6 Å². The van der Waals surface area contributed by atoms with Crippen LogP contribution >= 0.6 is 0 Å². The third kappa shape index (κ3) is 10.7. The van der Waals surface area contributed by atoms with Gasteiger partial charge in [0.1, 0.15) is 5.60 Å². The monoisotopic (exact) mass is 564 g/mol. The fourth-order valence-electron chi connectivity index (χ4n) is 3.99. The molecule has 41 heavy (non-hydrogen) atoms. The van der Waals surface area contributed by atoms with Gasteiger partial charge in [0.05, 0.1) is 11.3 Å². The van der Waals surface area contributed by atoms with E-state index >= 15 is 0 Å². The van der Waals surface area contributed by atoms with E-state index in [4.69, 9.17) is 14.6 Å². The summed E-state index contributed by atoms with van der Waals surface area (Å²) in [6.45, 7) is 7.52. The van der Waals surface area contributed by atoms with Gasteiger partial charge in [0.25, 0.3) is 5.97 Å². The van der Waals surface area contributed by atoms with E-state index in [2.05, 4.69) is 21.4 Å². The summed E-state index contributed by atoms with van der Waals surface area (Å²) in [6.07, 6.45) is -2.94. The smallest absolute Gasteiger partial charge is 0.481 e. The molecule has 4 rings (SSSR count). The summed E-state index contributed by atoms with van der Waals surface area (Å²) in [5.74, 6) is -0.735. The van der Waals surface area contributed by atoms with Crippen molar-refractivity contribution in [1.82, 2.24) is 14.9 Å². The molecule has 2 heterocycles. The maximum Gasteiger partial charge on any atom is 1.00 e. The fraction of sp³-hybridized carbons (Fsp3) is 0.379. The van der Waals surface area contributed by atoms with Gasteiger partial charge in [-0.2, -0.15) is 49.1 Å². The number of rotatable bonds is 5. The zero-order valence-electron chi connectivity index (χ0n) is 23.8. The fourth-order valence-corrected chi connectivity index (χ4v) is 3.99. The van der Waals surface area contributed by atoms with Crippen molar-refractivity contribution in [1.29, 1.82) is 0 Å². The van der Waals surface area contributed by atoms with Crippen molar-refractivity contribution in [2.24, 2.45) is 0 Å². The number of aromatic nitrogens is 2. The number of fused-ring (bicyclic) bond motifs is 1. The van der Waals surface area contributed by atoms with Gasteiger partial charge in [0.2, 0.25) is 5.95 Å². The molecule has 0 saturated heterocycles. The van der Waals surface area contributed by atoms with Crippen LogP contribution in [0.15, 0.2) is 48.7 Å². The van der Waals surface area contributed by atoms with E-state index in [1.807, 2.05) is 51.1 Å².